The van der Waals surface area contributed by atoms with Crippen LogP contribution >= 0.6 is 11.6 Å². The van der Waals surface area contributed by atoms with Crippen LogP contribution in [0.25, 0.3) is 0 Å². The van der Waals surface area contributed by atoms with Crippen LogP contribution in [0, 0.1) is 10.1 Å². The van der Waals surface area contributed by atoms with Crippen molar-refractivity contribution < 1.29 is 19.2 Å². The lowest BCUT2D eigenvalue weighted by Gasteiger charge is -2.06. The number of benzene rings is 2. The third kappa shape index (κ3) is 3.43. The van der Waals surface area contributed by atoms with E-state index in [4.69, 9.17) is 16.3 Å². The second kappa shape index (κ2) is 6.15. The van der Waals surface area contributed by atoms with Crippen molar-refractivity contribution in [3.05, 3.63) is 68.7 Å². The van der Waals surface area contributed by atoms with Gasteiger partial charge in [0, 0.05) is 17.2 Å². The molecule has 21 heavy (non-hydrogen) atoms. The third-order valence-electron chi connectivity index (χ3n) is 2.59. The maximum absolute atomic E-state index is 11.9. The first-order chi connectivity index (χ1) is 10.0. The first kappa shape index (κ1) is 14.7. The van der Waals surface area contributed by atoms with Crippen LogP contribution < -0.4 is 4.74 Å². The molecular formula is C14H8ClNO5. The number of non-ortho nitro benzene ring substituents is 1. The van der Waals surface area contributed by atoms with Crippen molar-refractivity contribution >= 4 is 29.5 Å². The minimum Gasteiger partial charge on any atom is -0.422 e. The molecular weight excluding hydrogens is 298 g/mol. The fourth-order valence-corrected chi connectivity index (χ4v) is 1.79. The molecule has 0 aliphatic carbocycles. The van der Waals surface area contributed by atoms with E-state index in [9.17, 15) is 19.7 Å². The molecule has 7 heteroatoms. The van der Waals surface area contributed by atoms with Gasteiger partial charge < -0.3 is 4.74 Å². The highest BCUT2D eigenvalue weighted by molar-refractivity contribution is 6.30. The summed E-state index contributed by atoms with van der Waals surface area (Å²) >= 11 is 5.73. The van der Waals surface area contributed by atoms with E-state index in [1.807, 2.05) is 0 Å². The van der Waals surface area contributed by atoms with Gasteiger partial charge in [0.15, 0.2) is 6.29 Å². The molecule has 0 spiro atoms. The van der Waals surface area contributed by atoms with Gasteiger partial charge in [-0.1, -0.05) is 17.7 Å². The zero-order chi connectivity index (χ0) is 15.4. The molecule has 2 rings (SSSR count). The number of nitrogens with zero attached hydrogens (tertiary/aromatic N) is 1. The van der Waals surface area contributed by atoms with Crippen molar-refractivity contribution in [2.45, 2.75) is 0 Å². The van der Waals surface area contributed by atoms with Gasteiger partial charge in [0.05, 0.1) is 16.1 Å². The molecule has 0 aromatic heterocycles. The third-order valence-corrected chi connectivity index (χ3v) is 2.83. The largest absolute Gasteiger partial charge is 0.422 e. The van der Waals surface area contributed by atoms with Crippen molar-refractivity contribution in [3.63, 3.8) is 0 Å². The predicted molar refractivity (Wildman–Crippen MR) is 74.9 cm³/mol. The number of esters is 1. The van der Waals surface area contributed by atoms with E-state index in [1.165, 1.54) is 36.4 Å². The average molecular weight is 306 g/mol. The van der Waals surface area contributed by atoms with E-state index >= 15 is 0 Å². The summed E-state index contributed by atoms with van der Waals surface area (Å²) in [6, 6.07) is 9.30. The van der Waals surface area contributed by atoms with Crippen molar-refractivity contribution in [2.75, 3.05) is 0 Å². The summed E-state index contributed by atoms with van der Waals surface area (Å²) in [5.41, 5.74) is -0.103. The van der Waals surface area contributed by atoms with Gasteiger partial charge in [-0.3, -0.25) is 14.9 Å². The zero-order valence-electron chi connectivity index (χ0n) is 10.5. The van der Waals surface area contributed by atoms with Gasteiger partial charge in [-0.25, -0.2) is 4.79 Å². The van der Waals surface area contributed by atoms with Crippen LogP contribution in [0.5, 0.6) is 5.75 Å². The molecule has 2 aromatic rings. The molecule has 0 bridgehead atoms. The topological polar surface area (TPSA) is 86.5 Å². The number of nitro groups is 1. The number of aldehydes is 1. The SMILES string of the molecule is O=Cc1cc(Cl)ccc1OC(=O)c1cccc([N+](=O)[O-])c1. The van der Waals surface area contributed by atoms with Crippen LogP contribution in [0.2, 0.25) is 5.02 Å². The van der Waals surface area contributed by atoms with E-state index in [0.717, 1.165) is 6.07 Å². The lowest BCUT2D eigenvalue weighted by molar-refractivity contribution is -0.384. The number of ether oxygens (including phenoxy) is 1. The monoisotopic (exact) mass is 305 g/mol. The van der Waals surface area contributed by atoms with E-state index < -0.39 is 10.9 Å². The van der Waals surface area contributed by atoms with Gasteiger partial charge in [-0.2, -0.15) is 0 Å². The van der Waals surface area contributed by atoms with Crippen LogP contribution in [0.4, 0.5) is 5.69 Å². The highest BCUT2D eigenvalue weighted by Crippen LogP contribution is 2.23. The van der Waals surface area contributed by atoms with E-state index in [1.54, 1.807) is 0 Å². The predicted octanol–water partition coefficient (Wildman–Crippen LogP) is 3.28. The molecule has 0 saturated heterocycles. The molecule has 106 valence electrons. The van der Waals surface area contributed by atoms with Crippen LogP contribution in [-0.4, -0.2) is 17.2 Å². The number of nitro benzene ring substituents is 1. The summed E-state index contributed by atoms with van der Waals surface area (Å²) in [6.45, 7) is 0. The maximum Gasteiger partial charge on any atom is 0.343 e. The van der Waals surface area contributed by atoms with Gasteiger partial charge in [0.2, 0.25) is 0 Å². The second-order valence-corrected chi connectivity index (χ2v) is 4.43. The lowest BCUT2D eigenvalue weighted by atomic mass is 10.2. The minimum absolute atomic E-state index is 0.0102. The van der Waals surface area contributed by atoms with Crippen LogP contribution in [0.15, 0.2) is 42.5 Å². The summed E-state index contributed by atoms with van der Waals surface area (Å²) in [5, 5.41) is 11.0. The number of halogens is 1. The zero-order valence-corrected chi connectivity index (χ0v) is 11.2. The van der Waals surface area contributed by atoms with E-state index in [0.29, 0.717) is 11.3 Å². The molecule has 6 nitrogen and oxygen atoms in total. The molecule has 0 aliphatic rings. The van der Waals surface area contributed by atoms with Gasteiger partial charge in [-0.05, 0) is 24.3 Å². The van der Waals surface area contributed by atoms with E-state index in [2.05, 4.69) is 0 Å². The van der Waals surface area contributed by atoms with Gasteiger partial charge in [0.1, 0.15) is 5.75 Å². The molecule has 0 saturated carbocycles. The van der Waals surface area contributed by atoms with Crippen molar-refractivity contribution in [2.24, 2.45) is 0 Å². The number of carbonyl (C=O) groups is 2. The molecule has 0 aliphatic heterocycles. The summed E-state index contributed by atoms with van der Waals surface area (Å²) < 4.78 is 5.06. The number of carbonyl (C=O) groups excluding carboxylic acids is 2. The van der Waals surface area contributed by atoms with Crippen molar-refractivity contribution in [1.29, 1.82) is 0 Å². The van der Waals surface area contributed by atoms with Crippen molar-refractivity contribution in [1.82, 2.24) is 0 Å². The molecule has 0 N–H and O–H groups in total. The van der Waals surface area contributed by atoms with Gasteiger partial charge in [-0.15, -0.1) is 0 Å². The summed E-state index contributed by atoms with van der Waals surface area (Å²) in [5.74, 6) is -0.768. The Morgan fingerprint density at radius 2 is 2.00 bits per heavy atom. The normalized spacial score (nSPS) is 9.95. The Labute approximate surface area is 124 Å². The molecule has 2 aromatic carbocycles. The fourth-order valence-electron chi connectivity index (χ4n) is 1.61. The molecule has 0 unspecified atom stereocenters. The molecule has 0 radical (unpaired) electrons. The van der Waals surface area contributed by atoms with Crippen LogP contribution in [0.1, 0.15) is 20.7 Å². The summed E-state index contributed by atoms with van der Waals surface area (Å²) in [7, 11) is 0. The van der Waals surface area contributed by atoms with Crippen LogP contribution in [0.3, 0.4) is 0 Å². The van der Waals surface area contributed by atoms with Gasteiger partial charge in [0.25, 0.3) is 5.69 Å². The minimum atomic E-state index is -0.802. The Morgan fingerprint density at radius 3 is 2.67 bits per heavy atom. The summed E-state index contributed by atoms with van der Waals surface area (Å²) in [4.78, 5) is 32.9. The van der Waals surface area contributed by atoms with Crippen molar-refractivity contribution in [3.8, 4) is 5.75 Å². The Hall–Kier alpha value is -2.73. The van der Waals surface area contributed by atoms with Gasteiger partial charge >= 0.3 is 5.97 Å². The Morgan fingerprint density at radius 1 is 1.24 bits per heavy atom. The second-order valence-electron chi connectivity index (χ2n) is 4.00. The van der Waals surface area contributed by atoms with Crippen LogP contribution in [-0.2, 0) is 0 Å². The lowest BCUT2D eigenvalue weighted by Crippen LogP contribution is -2.10. The highest BCUT2D eigenvalue weighted by Gasteiger charge is 2.15. The average Bonchev–Trinajstić information content (AvgIpc) is 2.49. The molecule has 0 heterocycles. The van der Waals surface area contributed by atoms with E-state index in [-0.39, 0.29) is 22.6 Å². The number of hydrogen-bond donors (Lipinski definition) is 0. The molecule has 0 atom stereocenters. The first-order valence-electron chi connectivity index (χ1n) is 5.72. The Balaban J connectivity index is 2.28. The Kier molecular flexibility index (Phi) is 4.30. The quantitative estimate of drug-likeness (QED) is 0.284. The molecule has 0 fully saturated rings. The number of rotatable bonds is 4. The highest BCUT2D eigenvalue weighted by atomic mass is 35.5. The first-order valence-corrected chi connectivity index (χ1v) is 6.10. The number of hydrogen-bond acceptors (Lipinski definition) is 5. The molecule has 0 amide bonds. The smallest absolute Gasteiger partial charge is 0.343 e. The standard InChI is InChI=1S/C14H8ClNO5/c15-11-4-5-13(10(6-11)8-17)21-14(18)9-2-1-3-12(7-9)16(19)20/h1-8H. The summed E-state index contributed by atoms with van der Waals surface area (Å²) in [6.07, 6.45) is 0.502. The Bertz CT molecular complexity index is 729. The fraction of sp³-hybridized carbons (Fsp3) is 0. The maximum atomic E-state index is 11.9.